The van der Waals surface area contributed by atoms with E-state index in [1.165, 1.54) is 35.6 Å². The van der Waals surface area contributed by atoms with E-state index in [-0.39, 0.29) is 12.7 Å². The number of benzene rings is 3. The van der Waals surface area contributed by atoms with Gasteiger partial charge >= 0.3 is 0 Å². The molecule has 6 rings (SSSR count). The molecule has 6 nitrogen and oxygen atoms in total. The number of hydrogen-bond donors (Lipinski definition) is 0. The highest BCUT2D eigenvalue weighted by Crippen LogP contribution is 2.37. The highest BCUT2D eigenvalue weighted by Gasteiger charge is 2.29. The van der Waals surface area contributed by atoms with Crippen LogP contribution in [0.2, 0.25) is 0 Å². The zero-order valence-electron chi connectivity index (χ0n) is 21.0. The molecule has 1 saturated heterocycles. The fourth-order valence-electron chi connectivity index (χ4n) is 5.95. The summed E-state index contributed by atoms with van der Waals surface area (Å²) in [5.74, 6) is 2.48. The van der Waals surface area contributed by atoms with Gasteiger partial charge in [-0.25, -0.2) is 0 Å². The molecule has 6 heteroatoms. The van der Waals surface area contributed by atoms with Gasteiger partial charge in [-0.05, 0) is 84.8 Å². The highest BCUT2D eigenvalue weighted by molar-refractivity contribution is 5.97. The summed E-state index contributed by atoms with van der Waals surface area (Å²) in [6.45, 7) is 4.04. The van der Waals surface area contributed by atoms with Gasteiger partial charge in [0.2, 0.25) is 6.79 Å². The average Bonchev–Trinajstić information content (AvgIpc) is 3.38. The maximum absolute atomic E-state index is 13.2. The Kier molecular flexibility index (Phi) is 6.45. The van der Waals surface area contributed by atoms with Crippen LogP contribution in [0.4, 0.5) is 0 Å². The fraction of sp³-hybridized carbons (Fsp3) is 0.433. The number of carbonyl (C=O) groups is 1. The van der Waals surface area contributed by atoms with E-state index in [0.717, 1.165) is 68.1 Å². The molecule has 3 aliphatic rings. The molecule has 1 atom stereocenters. The van der Waals surface area contributed by atoms with Crippen LogP contribution in [0.25, 0.3) is 10.8 Å². The maximum atomic E-state index is 13.2. The zero-order chi connectivity index (χ0) is 24.5. The number of methoxy groups -OCH3 is 1. The van der Waals surface area contributed by atoms with Crippen LogP contribution >= 0.6 is 0 Å². The third-order valence-corrected chi connectivity index (χ3v) is 8.05. The molecule has 36 heavy (non-hydrogen) atoms. The fourth-order valence-corrected chi connectivity index (χ4v) is 5.95. The van der Waals surface area contributed by atoms with Crippen molar-refractivity contribution in [2.24, 2.45) is 0 Å². The van der Waals surface area contributed by atoms with Gasteiger partial charge < -0.3 is 19.1 Å². The van der Waals surface area contributed by atoms with Crippen molar-refractivity contribution in [1.82, 2.24) is 9.80 Å². The first-order valence-corrected chi connectivity index (χ1v) is 13.2. The van der Waals surface area contributed by atoms with Gasteiger partial charge in [-0.3, -0.25) is 9.69 Å². The second kappa shape index (κ2) is 10.0. The molecule has 3 aliphatic heterocycles. The van der Waals surface area contributed by atoms with E-state index in [1.807, 2.05) is 23.1 Å². The Morgan fingerprint density at radius 1 is 0.944 bits per heavy atom. The Morgan fingerprint density at radius 3 is 2.67 bits per heavy atom. The number of likely N-dealkylation sites (tertiary alicyclic amines) is 1. The second-order valence-corrected chi connectivity index (χ2v) is 10.2. The van der Waals surface area contributed by atoms with Crippen LogP contribution in [0.15, 0.2) is 48.5 Å². The van der Waals surface area contributed by atoms with Gasteiger partial charge in [0.15, 0.2) is 11.5 Å². The lowest BCUT2D eigenvalue weighted by Gasteiger charge is -2.37. The maximum Gasteiger partial charge on any atom is 0.254 e. The molecule has 0 saturated carbocycles. The van der Waals surface area contributed by atoms with E-state index < -0.39 is 0 Å². The van der Waals surface area contributed by atoms with Gasteiger partial charge in [-0.1, -0.05) is 30.7 Å². The number of piperidine rings is 1. The third kappa shape index (κ3) is 4.62. The van der Waals surface area contributed by atoms with Gasteiger partial charge in [0.25, 0.3) is 5.91 Å². The summed E-state index contributed by atoms with van der Waals surface area (Å²) in [7, 11) is 1.71. The van der Waals surface area contributed by atoms with E-state index in [4.69, 9.17) is 14.2 Å². The molecule has 0 bridgehead atoms. The number of amides is 1. The van der Waals surface area contributed by atoms with Crippen molar-refractivity contribution in [3.63, 3.8) is 0 Å². The van der Waals surface area contributed by atoms with Crippen molar-refractivity contribution in [2.75, 3.05) is 40.1 Å². The van der Waals surface area contributed by atoms with Gasteiger partial charge in [0.05, 0.1) is 7.11 Å². The van der Waals surface area contributed by atoms with Crippen LogP contribution in [-0.2, 0) is 12.8 Å². The Balaban J connectivity index is 1.07. The van der Waals surface area contributed by atoms with Crippen molar-refractivity contribution in [2.45, 2.75) is 44.6 Å². The standard InChI is InChI=1S/C30H34N2O4/c1-34-26-8-7-22-16-21(5-6-23(22)17-26)9-13-31-12-3-2-4-25(31)11-15-32-14-10-24-18-28-29(36-20-35-28)19-27(24)30(32)33/h5-8,16-19,25H,2-4,9-15,20H2,1H3. The van der Waals surface area contributed by atoms with Crippen LogP contribution in [-0.4, -0.2) is 61.8 Å². The van der Waals surface area contributed by atoms with Crippen molar-refractivity contribution in [3.05, 3.63) is 65.2 Å². The van der Waals surface area contributed by atoms with Crippen LogP contribution in [0.3, 0.4) is 0 Å². The minimum Gasteiger partial charge on any atom is -0.497 e. The van der Waals surface area contributed by atoms with Crippen LogP contribution in [0, 0.1) is 0 Å². The summed E-state index contributed by atoms with van der Waals surface area (Å²) < 4.78 is 16.4. The molecule has 1 unspecified atom stereocenters. The zero-order valence-corrected chi connectivity index (χ0v) is 21.0. The van der Waals surface area contributed by atoms with Crippen LogP contribution < -0.4 is 14.2 Å². The number of ether oxygens (including phenoxy) is 3. The van der Waals surface area contributed by atoms with E-state index >= 15 is 0 Å². The molecule has 0 radical (unpaired) electrons. The lowest BCUT2D eigenvalue weighted by Crippen LogP contribution is -2.44. The van der Waals surface area contributed by atoms with E-state index in [9.17, 15) is 4.79 Å². The Morgan fingerprint density at radius 2 is 1.78 bits per heavy atom. The lowest BCUT2D eigenvalue weighted by molar-refractivity contribution is 0.0698. The number of carbonyl (C=O) groups excluding carboxylic acids is 1. The molecule has 0 N–H and O–H groups in total. The minimum absolute atomic E-state index is 0.129. The smallest absolute Gasteiger partial charge is 0.254 e. The van der Waals surface area contributed by atoms with Gasteiger partial charge in [-0.2, -0.15) is 0 Å². The lowest BCUT2D eigenvalue weighted by atomic mass is 9.95. The molecule has 3 heterocycles. The van der Waals surface area contributed by atoms with Crippen molar-refractivity contribution in [3.8, 4) is 17.2 Å². The molecular formula is C30H34N2O4. The van der Waals surface area contributed by atoms with Gasteiger partial charge in [-0.15, -0.1) is 0 Å². The Labute approximate surface area is 212 Å². The summed E-state index contributed by atoms with van der Waals surface area (Å²) in [4.78, 5) is 17.9. The van der Waals surface area contributed by atoms with Gasteiger partial charge in [0, 0.05) is 31.2 Å². The Hall–Kier alpha value is -3.25. The van der Waals surface area contributed by atoms with E-state index in [0.29, 0.717) is 11.8 Å². The molecule has 1 fully saturated rings. The topological polar surface area (TPSA) is 51.2 Å². The van der Waals surface area contributed by atoms with Crippen LogP contribution in [0.5, 0.6) is 17.2 Å². The molecule has 1 amide bonds. The largest absolute Gasteiger partial charge is 0.497 e. The summed E-state index contributed by atoms with van der Waals surface area (Å²) in [5, 5.41) is 2.47. The average molecular weight is 487 g/mol. The predicted molar refractivity (Wildman–Crippen MR) is 140 cm³/mol. The number of nitrogens with zero attached hydrogens (tertiary/aromatic N) is 2. The Bertz CT molecular complexity index is 1270. The second-order valence-electron chi connectivity index (χ2n) is 10.2. The van der Waals surface area contributed by atoms with Crippen molar-refractivity contribution < 1.29 is 19.0 Å². The summed E-state index contributed by atoms with van der Waals surface area (Å²) in [5.41, 5.74) is 3.23. The molecule has 3 aromatic carbocycles. The first-order chi connectivity index (χ1) is 17.7. The first-order valence-electron chi connectivity index (χ1n) is 13.2. The summed E-state index contributed by atoms with van der Waals surface area (Å²) in [6, 6.07) is 17.4. The molecule has 188 valence electrons. The first kappa shape index (κ1) is 23.2. The number of hydrogen-bond acceptors (Lipinski definition) is 5. The monoisotopic (exact) mass is 486 g/mol. The molecule has 3 aromatic rings. The van der Waals surface area contributed by atoms with E-state index in [2.05, 4.69) is 35.2 Å². The summed E-state index contributed by atoms with van der Waals surface area (Å²) >= 11 is 0. The van der Waals surface area contributed by atoms with Gasteiger partial charge in [0.1, 0.15) is 5.75 Å². The van der Waals surface area contributed by atoms with E-state index in [1.54, 1.807) is 7.11 Å². The normalized spacial score (nSPS) is 19.5. The third-order valence-electron chi connectivity index (χ3n) is 8.05. The molecule has 0 spiro atoms. The number of fused-ring (bicyclic) bond motifs is 3. The highest BCUT2D eigenvalue weighted by atomic mass is 16.7. The summed E-state index contributed by atoms with van der Waals surface area (Å²) in [6.07, 6.45) is 6.70. The molecular weight excluding hydrogens is 452 g/mol. The minimum atomic E-state index is 0.129. The molecule has 0 aliphatic carbocycles. The van der Waals surface area contributed by atoms with Crippen molar-refractivity contribution >= 4 is 16.7 Å². The predicted octanol–water partition coefficient (Wildman–Crippen LogP) is 5.06. The quantitative estimate of drug-likeness (QED) is 0.467. The van der Waals surface area contributed by atoms with Crippen molar-refractivity contribution in [1.29, 1.82) is 0 Å². The van der Waals surface area contributed by atoms with Crippen LogP contribution in [0.1, 0.15) is 47.2 Å². The number of rotatable bonds is 7. The SMILES string of the molecule is COc1ccc2cc(CCN3CCCCC3CCN3CCc4cc5c(cc4C3=O)OCO5)ccc2c1. The molecule has 0 aromatic heterocycles.